The van der Waals surface area contributed by atoms with E-state index in [0.717, 1.165) is 0 Å². The van der Waals surface area contributed by atoms with E-state index < -0.39 is 15.7 Å². The zero-order valence-corrected chi connectivity index (χ0v) is 17.1. The number of fused-ring (bicyclic) bond motifs is 2. The highest BCUT2D eigenvalue weighted by Gasteiger charge is 2.22. The second-order valence-corrected chi connectivity index (χ2v) is 8.62. The molecule has 0 unspecified atom stereocenters. The van der Waals surface area contributed by atoms with Crippen LogP contribution in [0.25, 0.3) is 21.5 Å². The van der Waals surface area contributed by atoms with Crippen LogP contribution in [0.5, 0.6) is 0 Å². The first-order chi connectivity index (χ1) is 13.1. The number of rotatable bonds is 5. The molecule has 4 N–H and O–H groups in total. The number of nitrogens with one attached hydrogen (secondary N) is 1. The van der Waals surface area contributed by atoms with Gasteiger partial charge in [0.25, 0.3) is 10.1 Å². The maximum Gasteiger partial charge on any atom is 0.261 e. The predicted molar refractivity (Wildman–Crippen MR) is 113 cm³/mol. The molecule has 152 valence electrons. The number of aliphatic hydroxyl groups is 2. The number of aliphatic hydroxyl groups excluding tert-OH is 2. The van der Waals surface area contributed by atoms with Crippen molar-refractivity contribution in [1.82, 2.24) is 5.32 Å². The molecule has 3 aromatic carbocycles. The van der Waals surface area contributed by atoms with Crippen molar-refractivity contribution in [2.45, 2.75) is 25.9 Å². The van der Waals surface area contributed by atoms with Gasteiger partial charge in [0.2, 0.25) is 0 Å². The van der Waals surface area contributed by atoms with E-state index >= 15 is 0 Å². The van der Waals surface area contributed by atoms with Crippen LogP contribution in [0.15, 0.2) is 48.5 Å². The third-order valence-corrected chi connectivity index (χ3v) is 4.70. The normalized spacial score (nSPS) is 12.1. The van der Waals surface area contributed by atoms with Crippen LogP contribution in [0.3, 0.4) is 0 Å². The van der Waals surface area contributed by atoms with Crippen LogP contribution in [0.2, 0.25) is 0 Å². The molecule has 0 fully saturated rings. The molecule has 0 saturated heterocycles. The molecule has 7 heteroatoms. The van der Waals surface area contributed by atoms with Crippen molar-refractivity contribution < 1.29 is 23.2 Å². The summed E-state index contributed by atoms with van der Waals surface area (Å²) in [5.41, 5.74) is 1.80. The first kappa shape index (κ1) is 22.3. The van der Waals surface area contributed by atoms with Crippen molar-refractivity contribution in [1.29, 1.82) is 0 Å². The molecule has 3 aromatic rings. The van der Waals surface area contributed by atoms with E-state index in [4.69, 9.17) is 4.55 Å². The molecule has 0 atom stereocenters. The SMILES string of the molecule is CS(=O)(=O)O.Cc1c2ccccc2c(CNC(C)(CO)CO)c2ccccc12. The molecule has 0 heterocycles. The minimum Gasteiger partial charge on any atom is -0.394 e. The highest BCUT2D eigenvalue weighted by Crippen LogP contribution is 2.32. The van der Waals surface area contributed by atoms with E-state index in [2.05, 4.69) is 60.8 Å². The minimum atomic E-state index is -3.67. The summed E-state index contributed by atoms with van der Waals surface area (Å²) in [5.74, 6) is 0. The predicted octanol–water partition coefficient (Wildman–Crippen LogP) is 2.64. The van der Waals surface area contributed by atoms with Crippen LogP contribution in [0, 0.1) is 6.92 Å². The average Bonchev–Trinajstić information content (AvgIpc) is 2.66. The molecule has 0 aliphatic rings. The van der Waals surface area contributed by atoms with Gasteiger partial charge in [0, 0.05) is 6.54 Å². The van der Waals surface area contributed by atoms with Crippen LogP contribution >= 0.6 is 0 Å². The summed E-state index contributed by atoms with van der Waals surface area (Å²) in [6, 6.07) is 16.8. The molecule has 0 saturated carbocycles. The molecule has 3 rings (SSSR count). The smallest absolute Gasteiger partial charge is 0.261 e. The van der Waals surface area contributed by atoms with Gasteiger partial charge in [0.05, 0.1) is 25.0 Å². The van der Waals surface area contributed by atoms with Gasteiger partial charge >= 0.3 is 0 Å². The maximum atomic E-state index is 9.51. The van der Waals surface area contributed by atoms with E-state index in [-0.39, 0.29) is 13.2 Å². The summed E-state index contributed by atoms with van der Waals surface area (Å²) >= 11 is 0. The lowest BCUT2D eigenvalue weighted by Crippen LogP contribution is -2.48. The Bertz CT molecular complexity index is 994. The van der Waals surface area contributed by atoms with Crippen molar-refractivity contribution in [3.8, 4) is 0 Å². The third kappa shape index (κ3) is 5.50. The van der Waals surface area contributed by atoms with Gasteiger partial charge < -0.3 is 15.5 Å². The van der Waals surface area contributed by atoms with Crippen molar-refractivity contribution in [3.05, 3.63) is 59.7 Å². The Morgan fingerprint density at radius 3 is 1.61 bits per heavy atom. The molecule has 6 nitrogen and oxygen atoms in total. The molecule has 28 heavy (non-hydrogen) atoms. The summed E-state index contributed by atoms with van der Waals surface area (Å²) in [4.78, 5) is 0. The lowest BCUT2D eigenvalue weighted by molar-refractivity contribution is 0.103. The number of aryl methyl sites for hydroxylation is 1. The van der Waals surface area contributed by atoms with E-state index in [1.54, 1.807) is 0 Å². The van der Waals surface area contributed by atoms with Crippen molar-refractivity contribution in [2.24, 2.45) is 0 Å². The van der Waals surface area contributed by atoms with Gasteiger partial charge in [-0.2, -0.15) is 8.42 Å². The Labute approximate surface area is 165 Å². The zero-order chi connectivity index (χ0) is 20.9. The summed E-state index contributed by atoms with van der Waals surface area (Å²) in [5, 5.41) is 27.3. The van der Waals surface area contributed by atoms with Gasteiger partial charge in [-0.05, 0) is 46.5 Å². The molecule has 0 aromatic heterocycles. The van der Waals surface area contributed by atoms with Crippen molar-refractivity contribution in [3.63, 3.8) is 0 Å². The zero-order valence-electron chi connectivity index (χ0n) is 16.3. The van der Waals surface area contributed by atoms with Crippen LogP contribution in [0.4, 0.5) is 0 Å². The molecule has 0 amide bonds. The number of hydrogen-bond donors (Lipinski definition) is 4. The fraction of sp³-hybridized carbons (Fsp3) is 0.333. The lowest BCUT2D eigenvalue weighted by atomic mass is 9.92. The number of hydrogen-bond acceptors (Lipinski definition) is 5. The molecular formula is C21H27NO5S. The van der Waals surface area contributed by atoms with Crippen LogP contribution in [0.1, 0.15) is 18.1 Å². The van der Waals surface area contributed by atoms with E-state index in [9.17, 15) is 18.6 Å². The van der Waals surface area contributed by atoms with Crippen LogP contribution in [-0.2, 0) is 16.7 Å². The quantitative estimate of drug-likeness (QED) is 0.384. The van der Waals surface area contributed by atoms with Gasteiger partial charge in [-0.3, -0.25) is 4.55 Å². The van der Waals surface area contributed by atoms with Gasteiger partial charge in [-0.25, -0.2) is 0 Å². The maximum absolute atomic E-state index is 9.51. The van der Waals surface area contributed by atoms with Gasteiger partial charge in [-0.1, -0.05) is 48.5 Å². The fourth-order valence-corrected chi connectivity index (χ4v) is 3.09. The Balaban J connectivity index is 0.000000500. The lowest BCUT2D eigenvalue weighted by Gasteiger charge is -2.27. The Morgan fingerprint density at radius 1 is 0.893 bits per heavy atom. The number of benzene rings is 3. The molecule has 0 radical (unpaired) electrons. The molecular weight excluding hydrogens is 378 g/mol. The van der Waals surface area contributed by atoms with E-state index in [1.165, 1.54) is 32.7 Å². The van der Waals surface area contributed by atoms with Crippen molar-refractivity contribution >= 4 is 31.7 Å². The summed E-state index contributed by atoms with van der Waals surface area (Å²) in [6.45, 7) is 4.37. The topological polar surface area (TPSA) is 107 Å². The summed E-state index contributed by atoms with van der Waals surface area (Å²) in [6.07, 6.45) is 0.715. The van der Waals surface area contributed by atoms with Crippen LogP contribution < -0.4 is 5.32 Å². The first-order valence-corrected chi connectivity index (χ1v) is 10.7. The van der Waals surface area contributed by atoms with Gasteiger partial charge in [0.15, 0.2) is 0 Å². The van der Waals surface area contributed by atoms with E-state index in [0.29, 0.717) is 12.8 Å². The van der Waals surface area contributed by atoms with E-state index in [1.807, 2.05) is 6.92 Å². The Hall–Kier alpha value is -2.03. The Morgan fingerprint density at radius 2 is 1.25 bits per heavy atom. The summed E-state index contributed by atoms with van der Waals surface area (Å²) in [7, 11) is -3.67. The Kier molecular flexibility index (Phi) is 7.14. The second-order valence-electron chi connectivity index (χ2n) is 7.16. The van der Waals surface area contributed by atoms with Gasteiger partial charge in [0.1, 0.15) is 0 Å². The fourth-order valence-electron chi connectivity index (χ4n) is 3.09. The molecule has 0 bridgehead atoms. The highest BCUT2D eigenvalue weighted by molar-refractivity contribution is 7.85. The molecule has 0 aliphatic heterocycles. The van der Waals surface area contributed by atoms with Crippen LogP contribution in [-0.4, -0.2) is 48.2 Å². The second kappa shape index (κ2) is 8.98. The molecule has 0 aliphatic carbocycles. The standard InChI is InChI=1S/C20H23NO2.CH4O3S/c1-14-15-7-3-5-9-17(15)19(11-21-20(2,12-22)13-23)18-10-6-4-8-16(14)18;1-5(2,3)4/h3-10,21-23H,11-13H2,1-2H3;1H3,(H,2,3,4). The first-order valence-electron chi connectivity index (χ1n) is 8.88. The summed E-state index contributed by atoms with van der Waals surface area (Å²) < 4.78 is 25.9. The average molecular weight is 406 g/mol. The molecule has 0 spiro atoms. The van der Waals surface area contributed by atoms with Gasteiger partial charge in [-0.15, -0.1) is 0 Å². The van der Waals surface area contributed by atoms with Crippen molar-refractivity contribution in [2.75, 3.05) is 19.5 Å². The third-order valence-electron chi connectivity index (χ3n) is 4.70. The monoisotopic (exact) mass is 405 g/mol. The highest BCUT2D eigenvalue weighted by atomic mass is 32.2. The largest absolute Gasteiger partial charge is 0.394 e. The minimum absolute atomic E-state index is 0.106.